The Balaban J connectivity index is 2.20. The van der Waals surface area contributed by atoms with Crippen molar-refractivity contribution in [2.24, 2.45) is 0 Å². The van der Waals surface area contributed by atoms with Gasteiger partial charge >= 0.3 is 0 Å². The smallest absolute Gasteiger partial charge is 0.157 e. The fourth-order valence-electron chi connectivity index (χ4n) is 1.81. The van der Waals surface area contributed by atoms with Crippen molar-refractivity contribution >= 4 is 23.1 Å². The molecule has 0 radical (unpaired) electrons. The topological polar surface area (TPSA) is 73.1 Å². The van der Waals surface area contributed by atoms with Crippen molar-refractivity contribution in [3.8, 4) is 5.75 Å². The first kappa shape index (κ1) is 14.4. The molecular formula is C14H17ClN4O. The minimum Gasteiger partial charge on any atom is -0.496 e. The van der Waals surface area contributed by atoms with Crippen LogP contribution in [0.3, 0.4) is 0 Å². The van der Waals surface area contributed by atoms with Gasteiger partial charge in [0.1, 0.15) is 17.3 Å². The summed E-state index contributed by atoms with van der Waals surface area (Å²) in [4.78, 5) is 8.45. The van der Waals surface area contributed by atoms with Crippen LogP contribution in [0.2, 0.25) is 5.15 Å². The summed E-state index contributed by atoms with van der Waals surface area (Å²) in [5.74, 6) is 2.02. The van der Waals surface area contributed by atoms with Crippen LogP contribution in [0.1, 0.15) is 18.3 Å². The third kappa shape index (κ3) is 3.11. The Morgan fingerprint density at radius 2 is 2.05 bits per heavy atom. The Morgan fingerprint density at radius 3 is 2.75 bits per heavy atom. The molecule has 0 saturated heterocycles. The molecule has 0 aliphatic carbocycles. The van der Waals surface area contributed by atoms with Crippen molar-refractivity contribution in [1.82, 2.24) is 9.97 Å². The zero-order chi connectivity index (χ0) is 14.5. The van der Waals surface area contributed by atoms with Gasteiger partial charge in [-0.05, 0) is 6.07 Å². The second-order valence-corrected chi connectivity index (χ2v) is 4.57. The summed E-state index contributed by atoms with van der Waals surface area (Å²) in [5, 5.41) is 3.46. The lowest BCUT2D eigenvalue weighted by molar-refractivity contribution is 0.410. The summed E-state index contributed by atoms with van der Waals surface area (Å²) >= 11 is 6.00. The van der Waals surface area contributed by atoms with Gasteiger partial charge < -0.3 is 15.8 Å². The number of rotatable bonds is 5. The Labute approximate surface area is 123 Å². The Hall–Kier alpha value is -2.01. The molecule has 0 spiro atoms. The van der Waals surface area contributed by atoms with E-state index in [9.17, 15) is 0 Å². The quantitative estimate of drug-likeness (QED) is 0.829. The zero-order valence-electron chi connectivity index (χ0n) is 11.5. The number of nitrogens with zero attached hydrogens (tertiary/aromatic N) is 2. The molecule has 0 unspecified atom stereocenters. The van der Waals surface area contributed by atoms with Gasteiger partial charge in [0.05, 0.1) is 7.11 Å². The third-order valence-electron chi connectivity index (χ3n) is 2.90. The van der Waals surface area contributed by atoms with Gasteiger partial charge in [0, 0.05) is 18.5 Å². The summed E-state index contributed by atoms with van der Waals surface area (Å²) in [6.07, 6.45) is 0.698. The number of benzene rings is 1. The van der Waals surface area contributed by atoms with Crippen molar-refractivity contribution in [2.45, 2.75) is 19.9 Å². The van der Waals surface area contributed by atoms with Crippen LogP contribution in [0.25, 0.3) is 0 Å². The first-order valence-corrected chi connectivity index (χ1v) is 6.71. The molecule has 1 aromatic carbocycles. The van der Waals surface area contributed by atoms with Crippen molar-refractivity contribution in [2.75, 3.05) is 18.2 Å². The summed E-state index contributed by atoms with van der Waals surface area (Å²) in [6, 6.07) is 7.76. The molecule has 2 rings (SSSR count). The minimum absolute atomic E-state index is 0.277. The van der Waals surface area contributed by atoms with E-state index in [1.54, 1.807) is 7.11 Å². The molecule has 6 heteroatoms. The summed E-state index contributed by atoms with van der Waals surface area (Å²) in [6.45, 7) is 2.51. The number of aromatic nitrogens is 2. The molecule has 0 amide bonds. The van der Waals surface area contributed by atoms with Crippen molar-refractivity contribution in [3.63, 3.8) is 0 Å². The number of para-hydroxylation sites is 1. The molecule has 1 heterocycles. The van der Waals surface area contributed by atoms with Crippen LogP contribution >= 0.6 is 11.6 Å². The molecule has 0 aliphatic heterocycles. The van der Waals surface area contributed by atoms with Crippen LogP contribution in [0.15, 0.2) is 24.3 Å². The molecule has 2 aromatic rings. The number of nitrogen functional groups attached to an aromatic ring is 1. The van der Waals surface area contributed by atoms with Gasteiger partial charge in [-0.3, -0.25) is 0 Å². The number of nitrogens with one attached hydrogen (secondary N) is 1. The molecule has 106 valence electrons. The van der Waals surface area contributed by atoms with Gasteiger partial charge in [-0.2, -0.15) is 0 Å². The standard InChI is InChI=1S/C14H17ClN4O/c1-3-11-18-13(15)12(16)14(19-11)17-8-9-6-4-5-7-10(9)20-2/h4-7H,3,8,16H2,1-2H3,(H,17,18,19). The molecule has 0 bridgehead atoms. The Kier molecular flexibility index (Phi) is 4.63. The van der Waals surface area contributed by atoms with Crippen LogP contribution in [0, 0.1) is 0 Å². The largest absolute Gasteiger partial charge is 0.496 e. The average Bonchev–Trinajstić information content (AvgIpc) is 2.48. The predicted molar refractivity (Wildman–Crippen MR) is 81.2 cm³/mol. The summed E-state index contributed by atoms with van der Waals surface area (Å²) in [5.41, 5.74) is 7.27. The summed E-state index contributed by atoms with van der Waals surface area (Å²) < 4.78 is 5.30. The summed E-state index contributed by atoms with van der Waals surface area (Å²) in [7, 11) is 1.64. The van der Waals surface area contributed by atoms with Crippen LogP contribution in [-0.4, -0.2) is 17.1 Å². The number of hydrogen-bond donors (Lipinski definition) is 2. The zero-order valence-corrected chi connectivity index (χ0v) is 12.2. The van der Waals surface area contributed by atoms with E-state index in [4.69, 9.17) is 22.1 Å². The molecule has 5 nitrogen and oxygen atoms in total. The lowest BCUT2D eigenvalue weighted by Gasteiger charge is -2.12. The highest BCUT2D eigenvalue weighted by Gasteiger charge is 2.10. The van der Waals surface area contributed by atoms with E-state index in [2.05, 4.69) is 15.3 Å². The second kappa shape index (κ2) is 6.43. The number of nitrogens with two attached hydrogens (primary N) is 1. The number of aryl methyl sites for hydroxylation is 1. The van der Waals surface area contributed by atoms with E-state index < -0.39 is 0 Å². The van der Waals surface area contributed by atoms with Gasteiger partial charge in [0.2, 0.25) is 0 Å². The highest BCUT2D eigenvalue weighted by molar-refractivity contribution is 6.32. The van der Waals surface area contributed by atoms with Crippen molar-refractivity contribution in [3.05, 3.63) is 40.8 Å². The molecule has 0 atom stereocenters. The van der Waals surface area contributed by atoms with Crippen LogP contribution in [0.4, 0.5) is 11.5 Å². The van der Waals surface area contributed by atoms with E-state index in [1.165, 1.54) is 0 Å². The SMILES string of the molecule is CCc1nc(Cl)c(N)c(NCc2ccccc2OC)n1. The molecule has 0 fully saturated rings. The number of hydrogen-bond acceptors (Lipinski definition) is 5. The average molecular weight is 293 g/mol. The first-order chi connectivity index (χ1) is 9.65. The number of halogens is 1. The third-order valence-corrected chi connectivity index (χ3v) is 3.19. The van der Waals surface area contributed by atoms with E-state index >= 15 is 0 Å². The van der Waals surface area contributed by atoms with Crippen LogP contribution < -0.4 is 15.8 Å². The van der Waals surface area contributed by atoms with E-state index in [1.807, 2.05) is 31.2 Å². The number of anilines is 2. The molecule has 0 saturated carbocycles. The predicted octanol–water partition coefficient (Wildman–Crippen LogP) is 2.90. The maximum Gasteiger partial charge on any atom is 0.157 e. The monoisotopic (exact) mass is 292 g/mol. The van der Waals surface area contributed by atoms with Gasteiger partial charge in [-0.25, -0.2) is 9.97 Å². The first-order valence-electron chi connectivity index (χ1n) is 6.33. The second-order valence-electron chi connectivity index (χ2n) is 4.21. The molecule has 3 N–H and O–H groups in total. The Morgan fingerprint density at radius 1 is 1.30 bits per heavy atom. The van der Waals surface area contributed by atoms with Gasteiger partial charge in [0.25, 0.3) is 0 Å². The maximum atomic E-state index is 6.00. The molecule has 20 heavy (non-hydrogen) atoms. The fraction of sp³-hybridized carbons (Fsp3) is 0.286. The lowest BCUT2D eigenvalue weighted by Crippen LogP contribution is -2.09. The maximum absolute atomic E-state index is 6.00. The molecule has 1 aromatic heterocycles. The Bertz CT molecular complexity index is 604. The van der Waals surface area contributed by atoms with Gasteiger partial charge in [0.15, 0.2) is 11.0 Å². The number of methoxy groups -OCH3 is 1. The van der Waals surface area contributed by atoms with Crippen molar-refractivity contribution < 1.29 is 4.74 Å². The van der Waals surface area contributed by atoms with E-state index in [0.29, 0.717) is 30.3 Å². The lowest BCUT2D eigenvalue weighted by atomic mass is 10.2. The normalized spacial score (nSPS) is 10.3. The highest BCUT2D eigenvalue weighted by Crippen LogP contribution is 2.25. The highest BCUT2D eigenvalue weighted by atomic mass is 35.5. The van der Waals surface area contributed by atoms with E-state index in [-0.39, 0.29) is 5.15 Å². The van der Waals surface area contributed by atoms with E-state index in [0.717, 1.165) is 11.3 Å². The minimum atomic E-state index is 0.277. The van der Waals surface area contributed by atoms with Crippen LogP contribution in [-0.2, 0) is 13.0 Å². The molecular weight excluding hydrogens is 276 g/mol. The van der Waals surface area contributed by atoms with Gasteiger partial charge in [-0.15, -0.1) is 0 Å². The number of ether oxygens (including phenoxy) is 1. The fourth-order valence-corrected chi connectivity index (χ4v) is 1.99. The molecule has 0 aliphatic rings. The van der Waals surface area contributed by atoms with Gasteiger partial charge in [-0.1, -0.05) is 36.7 Å². The van der Waals surface area contributed by atoms with Crippen LogP contribution in [0.5, 0.6) is 5.75 Å². The van der Waals surface area contributed by atoms with Crippen molar-refractivity contribution in [1.29, 1.82) is 0 Å².